The maximum absolute atomic E-state index is 3.99. The second-order valence-corrected chi connectivity index (χ2v) is 7.30. The van der Waals surface area contributed by atoms with Crippen LogP contribution in [0.3, 0.4) is 0 Å². The van der Waals surface area contributed by atoms with Crippen molar-refractivity contribution < 1.29 is 0 Å². The van der Waals surface area contributed by atoms with Crippen LogP contribution in [0.4, 0.5) is 0 Å². The maximum atomic E-state index is 3.99. The lowest BCUT2D eigenvalue weighted by atomic mass is 9.82. The molecule has 0 spiro atoms. The summed E-state index contributed by atoms with van der Waals surface area (Å²) in [5.41, 5.74) is 0. The SMILES string of the molecule is CCC(NC(c1cccs1)C(C)C)C1CCCCC1. The minimum absolute atomic E-state index is 0.534. The molecule has 1 aromatic heterocycles. The summed E-state index contributed by atoms with van der Waals surface area (Å²) in [6.07, 6.45) is 8.45. The van der Waals surface area contributed by atoms with E-state index < -0.39 is 0 Å². The van der Waals surface area contributed by atoms with Crippen molar-refractivity contribution in [3.05, 3.63) is 22.4 Å². The van der Waals surface area contributed by atoms with Crippen LogP contribution < -0.4 is 5.32 Å². The van der Waals surface area contributed by atoms with Gasteiger partial charge < -0.3 is 5.32 Å². The van der Waals surface area contributed by atoms with Gasteiger partial charge in [-0.05, 0) is 42.5 Å². The van der Waals surface area contributed by atoms with Crippen molar-refractivity contribution in [2.24, 2.45) is 11.8 Å². The van der Waals surface area contributed by atoms with E-state index in [4.69, 9.17) is 0 Å². The van der Waals surface area contributed by atoms with E-state index in [9.17, 15) is 0 Å². The Balaban J connectivity index is 2.01. The zero-order valence-corrected chi connectivity index (χ0v) is 13.5. The molecule has 0 saturated heterocycles. The van der Waals surface area contributed by atoms with Gasteiger partial charge in [0.2, 0.25) is 0 Å². The normalized spacial score (nSPS) is 20.6. The third-order valence-electron chi connectivity index (χ3n) is 4.57. The van der Waals surface area contributed by atoms with Crippen molar-refractivity contribution in [2.45, 2.75) is 71.4 Å². The number of hydrogen-bond donors (Lipinski definition) is 1. The van der Waals surface area contributed by atoms with Crippen LogP contribution in [0.15, 0.2) is 17.5 Å². The molecule has 1 aliphatic rings. The first-order valence-electron chi connectivity index (χ1n) is 8.01. The molecule has 1 aliphatic carbocycles. The summed E-state index contributed by atoms with van der Waals surface area (Å²) in [6, 6.07) is 5.70. The van der Waals surface area contributed by atoms with Gasteiger partial charge >= 0.3 is 0 Å². The molecule has 0 amide bonds. The van der Waals surface area contributed by atoms with E-state index in [-0.39, 0.29) is 0 Å². The third-order valence-corrected chi connectivity index (χ3v) is 5.52. The zero-order chi connectivity index (χ0) is 13.7. The quantitative estimate of drug-likeness (QED) is 0.735. The molecule has 2 unspecified atom stereocenters. The van der Waals surface area contributed by atoms with Crippen LogP contribution >= 0.6 is 11.3 Å². The molecule has 108 valence electrons. The Labute approximate surface area is 122 Å². The lowest BCUT2D eigenvalue weighted by Crippen LogP contribution is -2.40. The highest BCUT2D eigenvalue weighted by atomic mass is 32.1. The number of thiophene rings is 1. The van der Waals surface area contributed by atoms with E-state index >= 15 is 0 Å². The Morgan fingerprint density at radius 3 is 2.53 bits per heavy atom. The van der Waals surface area contributed by atoms with Gasteiger partial charge in [0.05, 0.1) is 0 Å². The van der Waals surface area contributed by atoms with Crippen LogP contribution in [-0.4, -0.2) is 6.04 Å². The van der Waals surface area contributed by atoms with Crippen molar-refractivity contribution in [3.63, 3.8) is 0 Å². The van der Waals surface area contributed by atoms with Crippen LogP contribution in [0.5, 0.6) is 0 Å². The van der Waals surface area contributed by atoms with Gasteiger partial charge in [-0.1, -0.05) is 46.1 Å². The summed E-state index contributed by atoms with van der Waals surface area (Å²) in [4.78, 5) is 1.50. The molecule has 1 N–H and O–H groups in total. The van der Waals surface area contributed by atoms with Crippen LogP contribution in [0.1, 0.15) is 70.2 Å². The number of hydrogen-bond acceptors (Lipinski definition) is 2. The molecule has 0 aliphatic heterocycles. The molecule has 2 rings (SSSR count). The monoisotopic (exact) mass is 279 g/mol. The molecule has 0 aromatic carbocycles. The molecule has 2 atom stereocenters. The van der Waals surface area contributed by atoms with E-state index in [2.05, 4.69) is 43.6 Å². The van der Waals surface area contributed by atoms with Crippen LogP contribution in [0, 0.1) is 11.8 Å². The molecule has 0 bridgehead atoms. The van der Waals surface area contributed by atoms with Gasteiger partial charge in [-0.3, -0.25) is 0 Å². The summed E-state index contributed by atoms with van der Waals surface area (Å²) in [6.45, 7) is 7.02. The molecule has 1 aromatic rings. The van der Waals surface area contributed by atoms with Crippen molar-refractivity contribution in [3.8, 4) is 0 Å². The van der Waals surface area contributed by atoms with E-state index in [1.807, 2.05) is 11.3 Å². The zero-order valence-electron chi connectivity index (χ0n) is 12.7. The van der Waals surface area contributed by atoms with E-state index in [0.717, 1.165) is 5.92 Å². The average Bonchev–Trinajstić information content (AvgIpc) is 2.94. The van der Waals surface area contributed by atoms with Gasteiger partial charge in [-0.15, -0.1) is 11.3 Å². The van der Waals surface area contributed by atoms with Gasteiger partial charge in [0.25, 0.3) is 0 Å². The smallest absolute Gasteiger partial charge is 0.0440 e. The minimum Gasteiger partial charge on any atom is -0.306 e. The van der Waals surface area contributed by atoms with Gasteiger partial charge in [0.15, 0.2) is 0 Å². The van der Waals surface area contributed by atoms with Gasteiger partial charge in [0.1, 0.15) is 0 Å². The Kier molecular flexibility index (Phi) is 5.90. The van der Waals surface area contributed by atoms with E-state index in [1.54, 1.807) is 0 Å². The molecule has 19 heavy (non-hydrogen) atoms. The highest BCUT2D eigenvalue weighted by Gasteiger charge is 2.26. The molecule has 0 radical (unpaired) electrons. The van der Waals surface area contributed by atoms with Gasteiger partial charge in [0, 0.05) is 17.0 Å². The highest BCUT2D eigenvalue weighted by molar-refractivity contribution is 7.10. The Morgan fingerprint density at radius 2 is 2.00 bits per heavy atom. The average molecular weight is 279 g/mol. The van der Waals surface area contributed by atoms with E-state index in [1.165, 1.54) is 43.4 Å². The van der Waals surface area contributed by atoms with Crippen molar-refractivity contribution in [1.82, 2.24) is 5.32 Å². The summed E-state index contributed by atoms with van der Waals surface area (Å²) < 4.78 is 0. The first-order chi connectivity index (χ1) is 9.22. The topological polar surface area (TPSA) is 12.0 Å². The fourth-order valence-corrected chi connectivity index (χ4v) is 4.38. The number of rotatable bonds is 6. The minimum atomic E-state index is 0.534. The van der Waals surface area contributed by atoms with E-state index in [0.29, 0.717) is 18.0 Å². The summed E-state index contributed by atoms with van der Waals surface area (Å²) in [7, 11) is 0. The Bertz CT molecular complexity index is 338. The molecular formula is C17H29NS. The molecule has 1 heterocycles. The number of nitrogens with one attached hydrogen (secondary N) is 1. The summed E-state index contributed by atoms with van der Waals surface area (Å²) >= 11 is 1.90. The summed E-state index contributed by atoms with van der Waals surface area (Å²) in [5, 5.41) is 6.19. The van der Waals surface area contributed by atoms with Gasteiger partial charge in [-0.25, -0.2) is 0 Å². The molecule has 1 nitrogen and oxygen atoms in total. The summed E-state index contributed by atoms with van der Waals surface area (Å²) in [5.74, 6) is 1.57. The predicted molar refractivity (Wildman–Crippen MR) is 85.7 cm³/mol. The fraction of sp³-hybridized carbons (Fsp3) is 0.765. The Hall–Kier alpha value is -0.340. The largest absolute Gasteiger partial charge is 0.306 e. The van der Waals surface area contributed by atoms with Crippen molar-refractivity contribution >= 4 is 11.3 Å². The first-order valence-corrected chi connectivity index (χ1v) is 8.89. The predicted octanol–water partition coefficient (Wildman–Crippen LogP) is 5.39. The lowest BCUT2D eigenvalue weighted by molar-refractivity contribution is 0.230. The Morgan fingerprint density at radius 1 is 1.26 bits per heavy atom. The first kappa shape index (κ1) is 15.1. The highest BCUT2D eigenvalue weighted by Crippen LogP contribution is 2.32. The lowest BCUT2D eigenvalue weighted by Gasteiger charge is -2.34. The fourth-order valence-electron chi connectivity index (χ4n) is 3.43. The van der Waals surface area contributed by atoms with Gasteiger partial charge in [-0.2, -0.15) is 0 Å². The maximum Gasteiger partial charge on any atom is 0.0440 e. The molecule has 1 saturated carbocycles. The molecular weight excluding hydrogens is 250 g/mol. The molecule has 1 fully saturated rings. The second-order valence-electron chi connectivity index (χ2n) is 6.32. The van der Waals surface area contributed by atoms with Crippen LogP contribution in [0.2, 0.25) is 0 Å². The van der Waals surface area contributed by atoms with Crippen molar-refractivity contribution in [2.75, 3.05) is 0 Å². The molecule has 2 heteroatoms. The van der Waals surface area contributed by atoms with Crippen LogP contribution in [0.25, 0.3) is 0 Å². The van der Waals surface area contributed by atoms with Crippen molar-refractivity contribution in [1.29, 1.82) is 0 Å². The second kappa shape index (κ2) is 7.44. The van der Waals surface area contributed by atoms with Crippen LogP contribution in [-0.2, 0) is 0 Å². The standard InChI is InChI=1S/C17H29NS/c1-4-15(14-9-6-5-7-10-14)18-17(13(2)3)16-11-8-12-19-16/h8,11-15,17-18H,4-7,9-10H2,1-3H3. The third kappa shape index (κ3) is 4.06.